The average molecular weight is 294 g/mol. The Morgan fingerprint density at radius 3 is 2.95 bits per heavy atom. The molecule has 7 nitrogen and oxygen atoms in total. The highest BCUT2D eigenvalue weighted by Gasteiger charge is 2.28. The van der Waals surface area contributed by atoms with E-state index in [1.54, 1.807) is 6.92 Å². The fourth-order valence-corrected chi connectivity index (χ4v) is 2.21. The van der Waals surface area contributed by atoms with E-state index in [9.17, 15) is 14.4 Å². The van der Waals surface area contributed by atoms with Gasteiger partial charge in [-0.1, -0.05) is 0 Å². The van der Waals surface area contributed by atoms with Crippen molar-refractivity contribution in [3.05, 3.63) is 33.7 Å². The highest BCUT2D eigenvalue weighted by atomic mass is 16.5. The third kappa shape index (κ3) is 3.69. The molecular weight excluding hydrogens is 276 g/mol. The molecule has 1 atom stereocenters. The van der Waals surface area contributed by atoms with Crippen molar-refractivity contribution >= 4 is 11.9 Å². The Morgan fingerprint density at radius 1 is 1.52 bits per heavy atom. The molecule has 1 aromatic rings. The molecule has 0 aromatic carbocycles. The molecule has 1 amide bonds. The zero-order chi connectivity index (χ0) is 15.4. The van der Waals surface area contributed by atoms with Crippen molar-refractivity contribution in [1.82, 2.24) is 9.88 Å². The van der Waals surface area contributed by atoms with Crippen molar-refractivity contribution in [3.8, 4) is 0 Å². The lowest BCUT2D eigenvalue weighted by molar-refractivity contribution is -0.145. The van der Waals surface area contributed by atoms with Crippen molar-refractivity contribution in [1.29, 1.82) is 0 Å². The van der Waals surface area contributed by atoms with Crippen LogP contribution in [-0.2, 0) is 14.3 Å². The van der Waals surface area contributed by atoms with Crippen molar-refractivity contribution in [3.63, 3.8) is 0 Å². The highest BCUT2D eigenvalue weighted by molar-refractivity contribution is 5.94. The topological polar surface area (TPSA) is 88.7 Å². The van der Waals surface area contributed by atoms with Gasteiger partial charge in [0.05, 0.1) is 26.2 Å². The van der Waals surface area contributed by atoms with E-state index in [0.717, 1.165) is 0 Å². The number of methoxy groups -OCH3 is 1. The Morgan fingerprint density at radius 2 is 2.29 bits per heavy atom. The average Bonchev–Trinajstić information content (AvgIpc) is 2.47. The molecule has 0 aliphatic carbocycles. The number of ether oxygens (including phenoxy) is 2. The van der Waals surface area contributed by atoms with Crippen LogP contribution in [0.1, 0.15) is 22.5 Å². The van der Waals surface area contributed by atoms with E-state index in [-0.39, 0.29) is 35.8 Å². The number of pyridine rings is 1. The van der Waals surface area contributed by atoms with E-state index >= 15 is 0 Å². The standard InChI is InChI=1S/C14H18N2O5/c1-9-5-12(17)11(7-15-9)14(19)16-3-4-21-10(8-16)6-13(18)20-2/h5,7,10H,3-4,6,8H2,1-2H3,(H,15,17). The maximum atomic E-state index is 12.4. The van der Waals surface area contributed by atoms with E-state index in [4.69, 9.17) is 4.74 Å². The number of rotatable bonds is 3. The summed E-state index contributed by atoms with van der Waals surface area (Å²) < 4.78 is 10.0. The summed E-state index contributed by atoms with van der Waals surface area (Å²) in [5.41, 5.74) is 0.480. The molecule has 2 heterocycles. The summed E-state index contributed by atoms with van der Waals surface area (Å²) in [6.45, 7) is 2.74. The van der Waals surface area contributed by atoms with Gasteiger partial charge in [0.25, 0.3) is 5.91 Å². The van der Waals surface area contributed by atoms with Crippen LogP contribution in [0.15, 0.2) is 17.1 Å². The molecule has 2 rings (SSSR count). The van der Waals surface area contributed by atoms with Crippen LogP contribution in [0.5, 0.6) is 0 Å². The molecule has 0 spiro atoms. The number of aromatic nitrogens is 1. The quantitative estimate of drug-likeness (QED) is 0.798. The number of carbonyl (C=O) groups excluding carboxylic acids is 2. The van der Waals surface area contributed by atoms with Gasteiger partial charge < -0.3 is 19.4 Å². The summed E-state index contributed by atoms with van der Waals surface area (Å²) in [6, 6.07) is 1.39. The normalized spacial score (nSPS) is 18.4. The van der Waals surface area contributed by atoms with Gasteiger partial charge in [-0.3, -0.25) is 14.4 Å². The molecule has 1 saturated heterocycles. The number of hydrogen-bond donors (Lipinski definition) is 1. The smallest absolute Gasteiger partial charge is 0.308 e. The Hall–Kier alpha value is -2.15. The molecule has 114 valence electrons. The van der Waals surface area contributed by atoms with Gasteiger partial charge in [0.2, 0.25) is 0 Å². The molecule has 1 aliphatic rings. The van der Waals surface area contributed by atoms with Crippen molar-refractivity contribution < 1.29 is 19.1 Å². The van der Waals surface area contributed by atoms with Crippen molar-refractivity contribution in [2.75, 3.05) is 26.8 Å². The first-order chi connectivity index (χ1) is 10.0. The summed E-state index contributed by atoms with van der Waals surface area (Å²) in [7, 11) is 1.31. The van der Waals surface area contributed by atoms with Crippen molar-refractivity contribution in [2.45, 2.75) is 19.4 Å². The number of morpholine rings is 1. The predicted octanol–water partition coefficient (Wildman–Crippen LogP) is 0.0874. The van der Waals surface area contributed by atoms with Crippen molar-refractivity contribution in [2.24, 2.45) is 0 Å². The lowest BCUT2D eigenvalue weighted by Crippen LogP contribution is -2.47. The summed E-state index contributed by atoms with van der Waals surface area (Å²) >= 11 is 0. The van der Waals surface area contributed by atoms with E-state index in [1.165, 1.54) is 24.3 Å². The monoisotopic (exact) mass is 294 g/mol. The molecule has 7 heteroatoms. The predicted molar refractivity (Wildman–Crippen MR) is 74.1 cm³/mol. The fraction of sp³-hybridized carbons (Fsp3) is 0.500. The Kier molecular flexibility index (Phi) is 4.74. The van der Waals surface area contributed by atoms with Crippen LogP contribution in [0.4, 0.5) is 0 Å². The maximum Gasteiger partial charge on any atom is 0.308 e. The van der Waals surface area contributed by atoms with Crippen LogP contribution < -0.4 is 5.43 Å². The Labute approximate surface area is 121 Å². The van der Waals surface area contributed by atoms with E-state index in [1.807, 2.05) is 0 Å². The van der Waals surface area contributed by atoms with E-state index in [0.29, 0.717) is 18.8 Å². The van der Waals surface area contributed by atoms with Gasteiger partial charge in [0.15, 0.2) is 5.43 Å². The summed E-state index contributed by atoms with van der Waals surface area (Å²) in [4.78, 5) is 39.9. The van der Waals surface area contributed by atoms with E-state index in [2.05, 4.69) is 9.72 Å². The molecule has 1 aliphatic heterocycles. The van der Waals surface area contributed by atoms with Crippen LogP contribution >= 0.6 is 0 Å². The zero-order valence-electron chi connectivity index (χ0n) is 12.0. The lowest BCUT2D eigenvalue weighted by Gasteiger charge is -2.32. The van der Waals surface area contributed by atoms with Crippen LogP contribution in [0.3, 0.4) is 0 Å². The SMILES string of the molecule is COC(=O)CC1CN(C(=O)c2c[nH]c(C)cc2=O)CCO1. The second-order valence-electron chi connectivity index (χ2n) is 4.92. The molecular formula is C14H18N2O5. The lowest BCUT2D eigenvalue weighted by atomic mass is 10.1. The summed E-state index contributed by atoms with van der Waals surface area (Å²) in [6.07, 6.45) is 1.11. The van der Waals surface area contributed by atoms with Gasteiger partial charge in [-0.2, -0.15) is 0 Å². The first-order valence-corrected chi connectivity index (χ1v) is 6.68. The minimum atomic E-state index is -0.403. The molecule has 1 aromatic heterocycles. The number of nitrogens with one attached hydrogen (secondary N) is 1. The van der Waals surface area contributed by atoms with Gasteiger partial charge in [-0.15, -0.1) is 0 Å². The van der Waals surface area contributed by atoms with Crippen LogP contribution in [0.25, 0.3) is 0 Å². The number of esters is 1. The van der Waals surface area contributed by atoms with Crippen LogP contribution in [-0.4, -0.2) is 54.7 Å². The van der Waals surface area contributed by atoms with Gasteiger partial charge in [-0.05, 0) is 6.92 Å². The molecule has 21 heavy (non-hydrogen) atoms. The second kappa shape index (κ2) is 6.53. The number of aromatic amines is 1. The second-order valence-corrected chi connectivity index (χ2v) is 4.92. The van der Waals surface area contributed by atoms with Gasteiger partial charge in [-0.25, -0.2) is 0 Å². The minimum absolute atomic E-state index is 0.0878. The highest BCUT2D eigenvalue weighted by Crippen LogP contribution is 2.11. The number of hydrogen-bond acceptors (Lipinski definition) is 5. The zero-order valence-corrected chi connectivity index (χ0v) is 12.0. The van der Waals surface area contributed by atoms with Crippen LogP contribution in [0, 0.1) is 6.92 Å². The number of aryl methyl sites for hydroxylation is 1. The van der Waals surface area contributed by atoms with Gasteiger partial charge >= 0.3 is 5.97 Å². The molecule has 1 fully saturated rings. The first kappa shape index (κ1) is 15.2. The molecule has 0 radical (unpaired) electrons. The minimum Gasteiger partial charge on any atom is -0.469 e. The largest absolute Gasteiger partial charge is 0.469 e. The third-order valence-corrected chi connectivity index (χ3v) is 3.34. The van der Waals surface area contributed by atoms with Crippen LogP contribution in [0.2, 0.25) is 0 Å². The summed E-state index contributed by atoms with van der Waals surface area (Å²) in [5, 5.41) is 0. The number of nitrogens with zero attached hydrogens (tertiary/aromatic N) is 1. The van der Waals surface area contributed by atoms with Gasteiger partial charge in [0.1, 0.15) is 5.56 Å². The first-order valence-electron chi connectivity index (χ1n) is 6.68. The van der Waals surface area contributed by atoms with Gasteiger partial charge in [0, 0.05) is 31.0 Å². The Bertz CT molecular complexity index is 595. The molecule has 0 saturated carbocycles. The molecule has 1 unspecified atom stereocenters. The molecule has 0 bridgehead atoms. The summed E-state index contributed by atoms with van der Waals surface area (Å²) in [5.74, 6) is -0.739. The Balaban J connectivity index is 2.08. The third-order valence-electron chi connectivity index (χ3n) is 3.34. The molecule has 1 N–H and O–H groups in total. The maximum absolute atomic E-state index is 12.4. The van der Waals surface area contributed by atoms with E-state index < -0.39 is 6.10 Å². The number of amides is 1. The number of carbonyl (C=O) groups is 2. The number of H-pyrrole nitrogens is 1. The fourth-order valence-electron chi connectivity index (χ4n) is 2.21.